The van der Waals surface area contributed by atoms with Crippen LogP contribution in [0.5, 0.6) is 11.5 Å². The number of nitrogens with zero attached hydrogens (tertiary/aromatic N) is 3. The van der Waals surface area contributed by atoms with Crippen LogP contribution in [0.1, 0.15) is 37.8 Å². The van der Waals surface area contributed by atoms with E-state index in [0.717, 1.165) is 63.3 Å². The highest BCUT2D eigenvalue weighted by molar-refractivity contribution is 7.89. The third-order valence-corrected chi connectivity index (χ3v) is 9.32. The number of ether oxygens (including phenoxy) is 2. The molecular formula is C30H34N4O4S. The summed E-state index contributed by atoms with van der Waals surface area (Å²) in [5.41, 5.74) is 4.80. The van der Waals surface area contributed by atoms with Gasteiger partial charge in [0.1, 0.15) is 23.6 Å². The Morgan fingerprint density at radius 3 is 2.49 bits per heavy atom. The summed E-state index contributed by atoms with van der Waals surface area (Å²) in [6.07, 6.45) is 3.40. The van der Waals surface area contributed by atoms with Crippen molar-refractivity contribution in [2.75, 3.05) is 19.5 Å². The number of methoxy groups -OCH3 is 2. The molecule has 204 valence electrons. The average Bonchev–Trinajstić information content (AvgIpc) is 3.79. The van der Waals surface area contributed by atoms with Crippen LogP contribution in [0.2, 0.25) is 0 Å². The number of hydrogen-bond acceptors (Lipinski definition) is 7. The number of sulfonamides is 1. The molecule has 4 aromatic rings. The number of aromatic nitrogens is 2. The molecule has 1 heterocycles. The number of nitrogens with one attached hydrogen (secondary N) is 1. The van der Waals surface area contributed by atoms with Crippen LogP contribution in [-0.4, -0.2) is 48.2 Å². The van der Waals surface area contributed by atoms with E-state index in [2.05, 4.69) is 27.4 Å². The predicted molar refractivity (Wildman–Crippen MR) is 154 cm³/mol. The van der Waals surface area contributed by atoms with Gasteiger partial charge in [-0.3, -0.25) is 0 Å². The predicted octanol–water partition coefficient (Wildman–Crippen LogP) is 5.63. The van der Waals surface area contributed by atoms with Crippen molar-refractivity contribution < 1.29 is 17.9 Å². The van der Waals surface area contributed by atoms with E-state index in [1.807, 2.05) is 48.5 Å². The molecule has 0 bridgehead atoms. The quantitative estimate of drug-likeness (QED) is 0.261. The number of hydrogen-bond donors (Lipinski definition) is 1. The van der Waals surface area contributed by atoms with Crippen LogP contribution in [0.15, 0.2) is 67.0 Å². The van der Waals surface area contributed by atoms with E-state index >= 15 is 0 Å². The second-order valence-corrected chi connectivity index (χ2v) is 12.5. The average molecular weight is 547 g/mol. The smallest absolute Gasteiger partial charge is 0.216 e. The lowest BCUT2D eigenvalue weighted by Crippen LogP contribution is -2.37. The lowest BCUT2D eigenvalue weighted by Gasteiger charge is -2.24. The zero-order chi connectivity index (χ0) is 27.6. The van der Waals surface area contributed by atoms with E-state index in [9.17, 15) is 8.42 Å². The summed E-state index contributed by atoms with van der Waals surface area (Å²) in [6, 6.07) is 20.0. The summed E-state index contributed by atoms with van der Waals surface area (Å²) < 4.78 is 38.5. The summed E-state index contributed by atoms with van der Waals surface area (Å²) in [6.45, 7) is 4.38. The molecule has 0 amide bonds. The first kappa shape index (κ1) is 26.9. The van der Waals surface area contributed by atoms with Gasteiger partial charge in [-0.15, -0.1) is 0 Å². The van der Waals surface area contributed by atoms with E-state index in [-0.39, 0.29) is 6.04 Å². The van der Waals surface area contributed by atoms with E-state index in [1.165, 1.54) is 0 Å². The monoisotopic (exact) mass is 546 g/mol. The SMILES string of the molecule is COc1ccc(CNc2ncnc3ccc(-c4cccc(CN(C5CC5)S(=O)(=O)C(C)C)c4)cc23)c(OC)c1. The van der Waals surface area contributed by atoms with Gasteiger partial charge in [0.25, 0.3) is 0 Å². The molecule has 0 atom stereocenters. The van der Waals surface area contributed by atoms with Crippen molar-refractivity contribution in [1.29, 1.82) is 0 Å². The van der Waals surface area contributed by atoms with Crippen LogP contribution in [0.4, 0.5) is 5.82 Å². The molecule has 3 aromatic carbocycles. The van der Waals surface area contributed by atoms with Crippen molar-refractivity contribution in [2.24, 2.45) is 0 Å². The molecule has 1 aromatic heterocycles. The molecule has 0 unspecified atom stereocenters. The first-order valence-corrected chi connectivity index (χ1v) is 14.6. The van der Waals surface area contributed by atoms with Crippen LogP contribution in [0, 0.1) is 0 Å². The van der Waals surface area contributed by atoms with Gasteiger partial charge in [0.05, 0.1) is 25.0 Å². The zero-order valence-electron chi connectivity index (χ0n) is 22.7. The molecule has 1 aliphatic carbocycles. The van der Waals surface area contributed by atoms with Gasteiger partial charge in [-0.1, -0.05) is 24.3 Å². The zero-order valence-corrected chi connectivity index (χ0v) is 23.5. The fourth-order valence-corrected chi connectivity index (χ4v) is 6.14. The molecule has 39 heavy (non-hydrogen) atoms. The van der Waals surface area contributed by atoms with Crippen molar-refractivity contribution in [3.63, 3.8) is 0 Å². The number of anilines is 1. The molecule has 1 aliphatic rings. The lowest BCUT2D eigenvalue weighted by atomic mass is 10.0. The van der Waals surface area contributed by atoms with E-state index in [4.69, 9.17) is 9.47 Å². The highest BCUT2D eigenvalue weighted by Gasteiger charge is 2.38. The van der Waals surface area contributed by atoms with Crippen molar-refractivity contribution >= 4 is 26.7 Å². The minimum Gasteiger partial charge on any atom is -0.497 e. The first-order chi connectivity index (χ1) is 18.8. The molecule has 0 saturated heterocycles. The minimum absolute atomic E-state index is 0.108. The Morgan fingerprint density at radius 2 is 1.77 bits per heavy atom. The molecule has 9 heteroatoms. The van der Waals surface area contributed by atoms with Crippen molar-refractivity contribution in [3.05, 3.63) is 78.1 Å². The molecule has 1 N–H and O–H groups in total. The number of fused-ring (bicyclic) bond motifs is 1. The van der Waals surface area contributed by atoms with Crippen molar-refractivity contribution in [2.45, 2.75) is 51.1 Å². The largest absolute Gasteiger partial charge is 0.497 e. The fourth-order valence-electron chi connectivity index (χ4n) is 4.64. The number of benzene rings is 3. The normalized spacial score (nSPS) is 13.7. The van der Waals surface area contributed by atoms with Gasteiger partial charge >= 0.3 is 0 Å². The Labute approximate surface area is 230 Å². The van der Waals surface area contributed by atoms with E-state index in [1.54, 1.807) is 38.7 Å². The Bertz CT molecular complexity index is 1590. The standard InChI is InChI=1S/C30H34N4O4S/c1-20(2)39(35,36)34(25-10-11-25)18-21-6-5-7-22(14-21)23-9-13-28-27(15-23)30(33-19-32-28)31-17-24-8-12-26(37-3)16-29(24)38-4/h5-9,12-16,19-20,25H,10-11,17-18H2,1-4H3,(H,31,32,33). The summed E-state index contributed by atoms with van der Waals surface area (Å²) in [5, 5.41) is 3.89. The molecule has 8 nitrogen and oxygen atoms in total. The van der Waals surface area contributed by atoms with Crippen molar-refractivity contribution in [1.82, 2.24) is 14.3 Å². The first-order valence-electron chi connectivity index (χ1n) is 13.1. The van der Waals surface area contributed by atoms with Gasteiger partial charge in [-0.25, -0.2) is 18.4 Å². The molecule has 0 radical (unpaired) electrons. The second-order valence-electron chi connectivity index (χ2n) is 10.1. The molecule has 1 saturated carbocycles. The summed E-state index contributed by atoms with van der Waals surface area (Å²) in [4.78, 5) is 8.96. The molecule has 1 fully saturated rings. The van der Waals surface area contributed by atoms with Crippen LogP contribution >= 0.6 is 0 Å². The van der Waals surface area contributed by atoms with E-state index < -0.39 is 15.3 Å². The minimum atomic E-state index is -3.33. The topological polar surface area (TPSA) is 93.6 Å². The van der Waals surface area contributed by atoms with Gasteiger partial charge in [0.15, 0.2) is 0 Å². The van der Waals surface area contributed by atoms with Gasteiger partial charge in [0.2, 0.25) is 10.0 Å². The van der Waals surface area contributed by atoms with Crippen molar-refractivity contribution in [3.8, 4) is 22.6 Å². The van der Waals surface area contributed by atoms with Gasteiger partial charge in [-0.05, 0) is 73.7 Å². The molecular weight excluding hydrogens is 512 g/mol. The maximum atomic E-state index is 13.0. The van der Waals surface area contributed by atoms with Crippen LogP contribution in [0.3, 0.4) is 0 Å². The highest BCUT2D eigenvalue weighted by atomic mass is 32.2. The van der Waals surface area contributed by atoms with Gasteiger partial charge in [-0.2, -0.15) is 4.31 Å². The highest BCUT2D eigenvalue weighted by Crippen LogP contribution is 2.34. The third kappa shape index (κ3) is 5.84. The maximum Gasteiger partial charge on any atom is 0.216 e. The van der Waals surface area contributed by atoms with Crippen LogP contribution < -0.4 is 14.8 Å². The Kier molecular flexibility index (Phi) is 7.72. The summed E-state index contributed by atoms with van der Waals surface area (Å²) in [7, 11) is -0.0632. The molecule has 5 rings (SSSR count). The Balaban J connectivity index is 1.41. The Hall–Kier alpha value is -3.69. The van der Waals surface area contributed by atoms with Crippen LogP contribution in [-0.2, 0) is 23.1 Å². The summed E-state index contributed by atoms with van der Waals surface area (Å²) >= 11 is 0. The van der Waals surface area contributed by atoms with Crippen LogP contribution in [0.25, 0.3) is 22.0 Å². The maximum absolute atomic E-state index is 13.0. The van der Waals surface area contributed by atoms with Gasteiger partial charge < -0.3 is 14.8 Å². The molecule has 0 aliphatic heterocycles. The fraction of sp³-hybridized carbons (Fsp3) is 0.333. The lowest BCUT2D eigenvalue weighted by molar-refractivity contribution is 0.391. The summed E-state index contributed by atoms with van der Waals surface area (Å²) in [5.74, 6) is 2.19. The Morgan fingerprint density at radius 1 is 0.974 bits per heavy atom. The second kappa shape index (κ2) is 11.2. The van der Waals surface area contributed by atoms with E-state index in [0.29, 0.717) is 13.1 Å². The third-order valence-electron chi connectivity index (χ3n) is 7.05. The number of rotatable bonds is 11. The molecule has 0 spiro atoms. The van der Waals surface area contributed by atoms with Gasteiger partial charge in [0, 0.05) is 36.1 Å².